The molecule has 0 radical (unpaired) electrons. The fraction of sp³-hybridized carbons (Fsp3) is 0.429. The highest BCUT2D eigenvalue weighted by Gasteiger charge is 2.31. The van der Waals surface area contributed by atoms with E-state index in [4.69, 9.17) is 25.8 Å². The molecule has 3 aromatic heterocycles. The van der Waals surface area contributed by atoms with Gasteiger partial charge in [0.1, 0.15) is 12.1 Å². The van der Waals surface area contributed by atoms with E-state index in [-0.39, 0.29) is 6.04 Å². The summed E-state index contributed by atoms with van der Waals surface area (Å²) in [5, 5.41) is 5.73. The average molecular weight is 425 g/mol. The molecular weight excluding hydrogens is 404 g/mol. The Labute approximate surface area is 177 Å². The van der Waals surface area contributed by atoms with E-state index in [1.165, 1.54) is 0 Å². The van der Waals surface area contributed by atoms with Crippen LogP contribution in [-0.2, 0) is 4.74 Å². The van der Waals surface area contributed by atoms with E-state index in [0.29, 0.717) is 34.8 Å². The number of imidazole rings is 1. The Morgan fingerprint density at radius 2 is 2.13 bits per heavy atom. The number of methoxy groups -OCH3 is 1. The van der Waals surface area contributed by atoms with Gasteiger partial charge in [0.15, 0.2) is 17.2 Å². The van der Waals surface area contributed by atoms with Crippen molar-refractivity contribution in [3.63, 3.8) is 0 Å². The van der Waals surface area contributed by atoms with Crippen LogP contribution in [0.3, 0.4) is 0 Å². The second-order valence-corrected chi connectivity index (χ2v) is 8.44. The molecule has 1 aliphatic carbocycles. The summed E-state index contributed by atoms with van der Waals surface area (Å²) in [6.45, 7) is 1.56. The van der Waals surface area contributed by atoms with E-state index in [1.807, 2.05) is 22.6 Å². The molecule has 0 amide bonds. The number of rotatable bonds is 5. The number of ether oxygens (including phenoxy) is 1. The Morgan fingerprint density at radius 3 is 2.97 bits per heavy atom. The van der Waals surface area contributed by atoms with E-state index < -0.39 is 0 Å². The van der Waals surface area contributed by atoms with Crippen LogP contribution in [0, 0.1) is 0 Å². The minimum absolute atomic E-state index is 0.265. The summed E-state index contributed by atoms with van der Waals surface area (Å²) in [7, 11) is 1.74. The number of fused-ring (bicyclic) bond motifs is 3. The van der Waals surface area contributed by atoms with E-state index >= 15 is 0 Å². The number of benzene rings is 1. The Balaban J connectivity index is 1.57. The molecule has 6 rings (SSSR count). The first kappa shape index (κ1) is 18.1. The first-order valence-corrected chi connectivity index (χ1v) is 10.7. The largest absolute Gasteiger partial charge is 0.383 e. The summed E-state index contributed by atoms with van der Waals surface area (Å²) in [5.74, 6) is 2.44. The number of hydrogen-bond acceptors (Lipinski definition) is 7. The second-order valence-electron chi connectivity index (χ2n) is 8.03. The van der Waals surface area contributed by atoms with Crippen LogP contribution in [0.4, 0.5) is 5.82 Å². The predicted molar refractivity (Wildman–Crippen MR) is 113 cm³/mol. The fourth-order valence-electron chi connectivity index (χ4n) is 4.39. The number of halogens is 1. The molecule has 1 aromatic carbocycles. The highest BCUT2D eigenvalue weighted by Crippen LogP contribution is 2.40. The van der Waals surface area contributed by atoms with Gasteiger partial charge in [-0.05, 0) is 37.8 Å². The van der Waals surface area contributed by atoms with E-state index in [1.54, 1.807) is 13.4 Å². The summed E-state index contributed by atoms with van der Waals surface area (Å²) < 4.78 is 13.0. The Bertz CT molecular complexity index is 1250. The molecule has 4 heterocycles. The van der Waals surface area contributed by atoms with Gasteiger partial charge in [0.25, 0.3) is 5.89 Å². The van der Waals surface area contributed by atoms with Crippen LogP contribution in [-0.4, -0.2) is 50.8 Å². The molecule has 0 spiro atoms. The zero-order chi connectivity index (χ0) is 20.2. The minimum atomic E-state index is 0.265. The lowest BCUT2D eigenvalue weighted by atomic mass is 10.2. The van der Waals surface area contributed by atoms with E-state index in [9.17, 15) is 0 Å². The summed E-state index contributed by atoms with van der Waals surface area (Å²) in [5.41, 5.74) is 2.24. The topological polar surface area (TPSA) is 81.6 Å². The van der Waals surface area contributed by atoms with E-state index in [2.05, 4.69) is 20.0 Å². The number of hydrogen-bond donors (Lipinski definition) is 0. The summed E-state index contributed by atoms with van der Waals surface area (Å²) in [6.07, 6.45) is 6.13. The van der Waals surface area contributed by atoms with Gasteiger partial charge in [0, 0.05) is 19.6 Å². The number of nitrogens with zero attached hydrogens (tertiary/aromatic N) is 6. The quantitative estimate of drug-likeness (QED) is 0.477. The Morgan fingerprint density at radius 1 is 1.23 bits per heavy atom. The lowest BCUT2D eigenvalue weighted by molar-refractivity contribution is 0.180. The normalized spacial score (nSPS) is 19.4. The summed E-state index contributed by atoms with van der Waals surface area (Å²) in [6, 6.07) is 6.15. The van der Waals surface area contributed by atoms with Crippen LogP contribution in [0.25, 0.3) is 28.1 Å². The number of anilines is 1. The smallest absolute Gasteiger partial charge is 0.280 e. The molecule has 4 aromatic rings. The minimum Gasteiger partial charge on any atom is -0.383 e. The zero-order valence-electron chi connectivity index (χ0n) is 16.6. The van der Waals surface area contributed by atoms with Crippen molar-refractivity contribution in [2.24, 2.45) is 0 Å². The van der Waals surface area contributed by atoms with Crippen molar-refractivity contribution >= 4 is 34.0 Å². The predicted octanol–water partition coefficient (Wildman–Crippen LogP) is 4.08. The van der Waals surface area contributed by atoms with Crippen molar-refractivity contribution in [1.29, 1.82) is 0 Å². The lowest BCUT2D eigenvalue weighted by Gasteiger charge is -2.27. The van der Waals surface area contributed by atoms with Crippen molar-refractivity contribution in [3.05, 3.63) is 35.4 Å². The fourth-order valence-corrected chi connectivity index (χ4v) is 4.65. The van der Waals surface area contributed by atoms with Gasteiger partial charge in [-0.2, -0.15) is 4.98 Å². The average Bonchev–Trinajstić information content (AvgIpc) is 3.15. The maximum absolute atomic E-state index is 6.66. The highest BCUT2D eigenvalue weighted by atomic mass is 35.5. The number of aromatic nitrogens is 5. The third kappa shape index (κ3) is 2.78. The van der Waals surface area contributed by atoms with Crippen molar-refractivity contribution in [1.82, 2.24) is 24.5 Å². The summed E-state index contributed by atoms with van der Waals surface area (Å²) >= 11 is 6.66. The van der Waals surface area contributed by atoms with Crippen LogP contribution in [0.5, 0.6) is 0 Å². The molecule has 0 bridgehead atoms. The molecule has 1 atom stereocenters. The first-order chi connectivity index (χ1) is 14.7. The van der Waals surface area contributed by atoms with Gasteiger partial charge in [0.2, 0.25) is 0 Å². The molecule has 154 valence electrons. The molecule has 8 nitrogen and oxygen atoms in total. The van der Waals surface area contributed by atoms with Crippen molar-refractivity contribution in [2.45, 2.75) is 37.6 Å². The Kier molecular flexibility index (Phi) is 4.17. The second kappa shape index (κ2) is 6.92. The molecule has 1 saturated carbocycles. The van der Waals surface area contributed by atoms with Crippen molar-refractivity contribution < 1.29 is 9.26 Å². The van der Waals surface area contributed by atoms with Gasteiger partial charge in [-0.1, -0.05) is 22.8 Å². The Hall–Kier alpha value is -2.71. The van der Waals surface area contributed by atoms with Gasteiger partial charge >= 0.3 is 0 Å². The molecule has 1 saturated heterocycles. The third-order valence-corrected chi connectivity index (χ3v) is 6.34. The molecule has 1 unspecified atom stereocenters. The zero-order valence-corrected chi connectivity index (χ0v) is 17.3. The molecule has 9 heteroatoms. The molecular formula is C21H21ClN6O2. The first-order valence-electron chi connectivity index (χ1n) is 10.3. The lowest BCUT2D eigenvalue weighted by Crippen LogP contribution is -2.33. The van der Waals surface area contributed by atoms with E-state index in [0.717, 1.165) is 54.8 Å². The summed E-state index contributed by atoms with van der Waals surface area (Å²) in [4.78, 5) is 16.5. The van der Waals surface area contributed by atoms with Crippen LogP contribution >= 0.6 is 11.6 Å². The van der Waals surface area contributed by atoms with Gasteiger partial charge < -0.3 is 14.2 Å². The SMILES string of the molecule is COCC1CCCN1c1nc2c(-c3nc(C4CC4)no3)ncn2c2cccc(Cl)c12. The van der Waals surface area contributed by atoms with Gasteiger partial charge in [-0.3, -0.25) is 4.40 Å². The molecule has 2 aliphatic rings. The van der Waals surface area contributed by atoms with Crippen molar-refractivity contribution in [2.75, 3.05) is 25.2 Å². The molecule has 1 aliphatic heterocycles. The van der Waals surface area contributed by atoms with Gasteiger partial charge in [-0.25, -0.2) is 9.97 Å². The van der Waals surface area contributed by atoms with Gasteiger partial charge in [0.05, 0.1) is 28.6 Å². The maximum Gasteiger partial charge on any atom is 0.280 e. The van der Waals surface area contributed by atoms with Crippen molar-refractivity contribution in [3.8, 4) is 11.6 Å². The highest BCUT2D eigenvalue weighted by molar-refractivity contribution is 6.36. The standard InChI is InChI=1S/C21H21ClN6O2/c1-29-10-13-4-3-9-27(13)19-16-14(22)5-2-6-15(16)28-11-23-17(20(28)25-19)21-24-18(26-30-21)12-7-8-12/h2,5-6,11-13H,3-4,7-10H2,1H3. The maximum atomic E-state index is 6.66. The van der Waals surface area contributed by atoms with Crippen LogP contribution in [0.15, 0.2) is 29.0 Å². The van der Waals surface area contributed by atoms with Gasteiger partial charge in [-0.15, -0.1) is 0 Å². The molecule has 0 N–H and O–H groups in total. The van der Waals surface area contributed by atoms with Crippen LogP contribution in [0.1, 0.15) is 37.4 Å². The molecule has 30 heavy (non-hydrogen) atoms. The monoisotopic (exact) mass is 424 g/mol. The third-order valence-electron chi connectivity index (χ3n) is 6.02. The van der Waals surface area contributed by atoms with Crippen LogP contribution < -0.4 is 4.90 Å². The van der Waals surface area contributed by atoms with Crippen LogP contribution in [0.2, 0.25) is 5.02 Å². The molecule has 2 fully saturated rings.